The van der Waals surface area contributed by atoms with Crippen LogP contribution in [0.5, 0.6) is 0 Å². The largest absolute Gasteiger partial charge is 0.350 e. The molecule has 2 amide bonds. The first-order valence-corrected chi connectivity index (χ1v) is 12.7. The third-order valence-corrected chi connectivity index (χ3v) is 7.65. The van der Waals surface area contributed by atoms with Gasteiger partial charge in [0.25, 0.3) is 0 Å². The number of piperidine rings is 1. The van der Waals surface area contributed by atoms with E-state index in [1.807, 2.05) is 19.9 Å². The highest BCUT2D eigenvalue weighted by Gasteiger charge is 2.33. The number of hydrogen-bond donors (Lipinski definition) is 2. The molecule has 1 aliphatic heterocycles. The van der Waals surface area contributed by atoms with E-state index in [1.54, 1.807) is 48.8 Å². The number of aromatic nitrogens is 1. The van der Waals surface area contributed by atoms with E-state index < -0.39 is 16.1 Å². The second-order valence-corrected chi connectivity index (χ2v) is 10.7. The first-order chi connectivity index (χ1) is 15.8. The highest BCUT2D eigenvalue weighted by molar-refractivity contribution is 7.89. The number of amides is 2. The van der Waals surface area contributed by atoms with Gasteiger partial charge in [-0.05, 0) is 48.9 Å². The zero-order chi connectivity index (χ0) is 23.8. The van der Waals surface area contributed by atoms with Crippen LogP contribution in [0.3, 0.4) is 0 Å². The molecule has 1 saturated heterocycles. The Balaban J connectivity index is 1.56. The van der Waals surface area contributed by atoms with Crippen LogP contribution in [0.15, 0.2) is 59.8 Å². The molecule has 0 aliphatic carbocycles. The second kappa shape index (κ2) is 11.4. The minimum absolute atomic E-state index is 0.200. The number of carbonyl (C=O) groups excluding carboxylic acids is 2. The van der Waals surface area contributed by atoms with Crippen LogP contribution in [0, 0.1) is 11.8 Å². The van der Waals surface area contributed by atoms with E-state index in [1.165, 1.54) is 4.31 Å². The lowest BCUT2D eigenvalue weighted by molar-refractivity contribution is -0.132. The molecule has 1 aromatic heterocycles. The average Bonchev–Trinajstić information content (AvgIpc) is 2.83. The number of nitrogens with zero attached hydrogens (tertiary/aromatic N) is 2. The highest BCUT2D eigenvalue weighted by atomic mass is 32.2. The van der Waals surface area contributed by atoms with Crippen LogP contribution in [-0.2, 0) is 26.2 Å². The van der Waals surface area contributed by atoms with Gasteiger partial charge in [0.1, 0.15) is 6.04 Å². The van der Waals surface area contributed by atoms with E-state index in [-0.39, 0.29) is 41.6 Å². The quantitative estimate of drug-likeness (QED) is 0.582. The third-order valence-electron chi connectivity index (χ3n) is 5.74. The molecule has 0 unspecified atom stereocenters. The minimum atomic E-state index is -3.56. The lowest BCUT2D eigenvalue weighted by Crippen LogP contribution is -2.50. The zero-order valence-corrected chi connectivity index (χ0v) is 19.9. The molecule has 0 radical (unpaired) electrons. The molecule has 33 heavy (non-hydrogen) atoms. The van der Waals surface area contributed by atoms with Gasteiger partial charge >= 0.3 is 0 Å². The molecule has 178 valence electrons. The van der Waals surface area contributed by atoms with Gasteiger partial charge in [-0.3, -0.25) is 14.6 Å². The van der Waals surface area contributed by atoms with Gasteiger partial charge in [0.2, 0.25) is 21.8 Å². The molecule has 2 heterocycles. The number of hydrogen-bond acceptors (Lipinski definition) is 5. The first kappa shape index (κ1) is 24.9. The van der Waals surface area contributed by atoms with Crippen LogP contribution < -0.4 is 10.6 Å². The Morgan fingerprint density at radius 3 is 2.39 bits per heavy atom. The van der Waals surface area contributed by atoms with Crippen molar-refractivity contribution in [3.63, 3.8) is 0 Å². The molecule has 2 aromatic rings. The number of nitrogens with one attached hydrogen (secondary N) is 2. The minimum Gasteiger partial charge on any atom is -0.350 e. The van der Waals surface area contributed by atoms with Gasteiger partial charge in [-0.2, -0.15) is 4.31 Å². The van der Waals surface area contributed by atoms with Crippen LogP contribution >= 0.6 is 0 Å². The summed E-state index contributed by atoms with van der Waals surface area (Å²) in [5.74, 6) is -0.538. The molecule has 0 bridgehead atoms. The van der Waals surface area contributed by atoms with Crippen molar-refractivity contribution in [2.45, 2.75) is 50.6 Å². The number of sulfonamides is 1. The van der Waals surface area contributed by atoms with Gasteiger partial charge in [-0.1, -0.05) is 38.1 Å². The van der Waals surface area contributed by atoms with E-state index in [0.29, 0.717) is 25.8 Å². The van der Waals surface area contributed by atoms with Gasteiger partial charge in [0.15, 0.2) is 0 Å². The average molecular weight is 473 g/mol. The summed E-state index contributed by atoms with van der Waals surface area (Å²) >= 11 is 0. The van der Waals surface area contributed by atoms with Gasteiger partial charge in [0.05, 0.1) is 4.90 Å². The zero-order valence-electron chi connectivity index (χ0n) is 19.1. The monoisotopic (exact) mass is 472 g/mol. The van der Waals surface area contributed by atoms with Gasteiger partial charge in [-0.25, -0.2) is 8.42 Å². The molecule has 1 atom stereocenters. The molecule has 0 spiro atoms. The van der Waals surface area contributed by atoms with Crippen molar-refractivity contribution in [1.29, 1.82) is 0 Å². The van der Waals surface area contributed by atoms with Crippen LogP contribution in [0.1, 0.15) is 38.7 Å². The molecular weight excluding hydrogens is 440 g/mol. The van der Waals surface area contributed by atoms with Crippen LogP contribution in [0.2, 0.25) is 0 Å². The van der Waals surface area contributed by atoms with E-state index >= 15 is 0 Å². The maximum atomic E-state index is 12.9. The van der Waals surface area contributed by atoms with Crippen molar-refractivity contribution in [3.8, 4) is 0 Å². The van der Waals surface area contributed by atoms with Crippen molar-refractivity contribution in [1.82, 2.24) is 19.9 Å². The second-order valence-electron chi connectivity index (χ2n) is 8.76. The Kier molecular flexibility index (Phi) is 8.57. The maximum absolute atomic E-state index is 12.9. The van der Waals surface area contributed by atoms with Crippen molar-refractivity contribution in [2.24, 2.45) is 11.8 Å². The predicted molar refractivity (Wildman–Crippen MR) is 125 cm³/mol. The predicted octanol–water partition coefficient (Wildman–Crippen LogP) is 2.33. The molecule has 1 aromatic carbocycles. The topological polar surface area (TPSA) is 108 Å². The first-order valence-electron chi connectivity index (χ1n) is 11.3. The Morgan fingerprint density at radius 1 is 1.09 bits per heavy atom. The van der Waals surface area contributed by atoms with E-state index in [2.05, 4.69) is 15.6 Å². The summed E-state index contributed by atoms with van der Waals surface area (Å²) in [5, 5.41) is 5.78. The SMILES string of the molecule is CC(C)C[C@@H](NC(=O)C1CCN(S(=O)(=O)c2ccccc2)CC1)C(=O)NCc1cccnc1. The van der Waals surface area contributed by atoms with E-state index in [4.69, 9.17) is 0 Å². The molecule has 1 aliphatic rings. The van der Waals surface area contributed by atoms with Crippen LogP contribution in [0.4, 0.5) is 0 Å². The number of benzene rings is 1. The third kappa shape index (κ3) is 6.85. The van der Waals surface area contributed by atoms with Crippen molar-refractivity contribution in [3.05, 3.63) is 60.4 Å². The fourth-order valence-electron chi connectivity index (χ4n) is 3.91. The number of rotatable bonds is 9. The Morgan fingerprint density at radius 2 is 1.79 bits per heavy atom. The van der Waals surface area contributed by atoms with Gasteiger partial charge in [0, 0.05) is 37.9 Å². The lowest BCUT2D eigenvalue weighted by Gasteiger charge is -2.31. The van der Waals surface area contributed by atoms with E-state index in [0.717, 1.165) is 5.56 Å². The van der Waals surface area contributed by atoms with Crippen molar-refractivity contribution >= 4 is 21.8 Å². The summed E-state index contributed by atoms with van der Waals surface area (Å²) < 4.78 is 27.0. The standard InChI is InChI=1S/C24H32N4O4S/c1-18(2)15-22(24(30)26-17-19-7-6-12-25-16-19)27-23(29)20-10-13-28(14-11-20)33(31,32)21-8-4-3-5-9-21/h3-9,12,16,18,20,22H,10-11,13-15,17H2,1-2H3,(H,26,30)(H,27,29)/t22-/m1/s1. The Bertz CT molecular complexity index is 1020. The fourth-order valence-corrected chi connectivity index (χ4v) is 5.40. The fraction of sp³-hybridized carbons (Fsp3) is 0.458. The Hall–Kier alpha value is -2.78. The van der Waals surface area contributed by atoms with Crippen LogP contribution in [-0.4, -0.2) is 48.7 Å². The van der Waals surface area contributed by atoms with Crippen molar-refractivity contribution in [2.75, 3.05) is 13.1 Å². The molecule has 8 nitrogen and oxygen atoms in total. The summed E-state index contributed by atoms with van der Waals surface area (Å²) in [6.07, 6.45) is 4.72. The summed E-state index contributed by atoms with van der Waals surface area (Å²) in [4.78, 5) is 30.0. The van der Waals surface area contributed by atoms with Crippen molar-refractivity contribution < 1.29 is 18.0 Å². The molecule has 1 fully saturated rings. The smallest absolute Gasteiger partial charge is 0.243 e. The molecule has 9 heteroatoms. The summed E-state index contributed by atoms with van der Waals surface area (Å²) in [5.41, 5.74) is 0.882. The highest BCUT2D eigenvalue weighted by Crippen LogP contribution is 2.24. The van der Waals surface area contributed by atoms with Crippen LogP contribution in [0.25, 0.3) is 0 Å². The van der Waals surface area contributed by atoms with Gasteiger partial charge in [-0.15, -0.1) is 0 Å². The Labute approximate surface area is 195 Å². The number of pyridine rings is 1. The summed E-state index contributed by atoms with van der Waals surface area (Å²) in [6, 6.07) is 11.4. The van der Waals surface area contributed by atoms with E-state index in [9.17, 15) is 18.0 Å². The lowest BCUT2D eigenvalue weighted by atomic mass is 9.95. The maximum Gasteiger partial charge on any atom is 0.243 e. The summed E-state index contributed by atoms with van der Waals surface area (Å²) in [7, 11) is -3.56. The molecular formula is C24H32N4O4S. The summed E-state index contributed by atoms with van der Waals surface area (Å²) in [6.45, 7) is 4.89. The number of carbonyl (C=O) groups is 2. The molecule has 3 rings (SSSR count). The van der Waals surface area contributed by atoms with Gasteiger partial charge < -0.3 is 10.6 Å². The molecule has 2 N–H and O–H groups in total. The molecule has 0 saturated carbocycles. The normalized spacial score (nSPS) is 16.3.